The second-order valence-corrected chi connectivity index (χ2v) is 9.19. The van der Waals surface area contributed by atoms with Gasteiger partial charge in [0.2, 0.25) is 10.0 Å². The van der Waals surface area contributed by atoms with Gasteiger partial charge in [-0.05, 0) is 73.6 Å². The number of nitrogen functional groups attached to an aromatic ring is 1. The van der Waals surface area contributed by atoms with E-state index in [4.69, 9.17) is 5.73 Å². The smallest absolute Gasteiger partial charge is 0.240 e. The first-order chi connectivity index (χ1) is 13.3. The van der Waals surface area contributed by atoms with Crippen molar-refractivity contribution in [2.75, 3.05) is 5.73 Å². The molecule has 2 atom stereocenters. The molecule has 28 heavy (non-hydrogen) atoms. The maximum absolute atomic E-state index is 12.7. The van der Waals surface area contributed by atoms with Crippen molar-refractivity contribution in [1.29, 1.82) is 0 Å². The van der Waals surface area contributed by atoms with Crippen molar-refractivity contribution in [2.45, 2.75) is 50.2 Å². The van der Waals surface area contributed by atoms with Crippen LogP contribution < -0.4 is 10.5 Å². The van der Waals surface area contributed by atoms with Gasteiger partial charge in [-0.25, -0.2) is 13.1 Å². The molecule has 0 amide bonds. The van der Waals surface area contributed by atoms with Gasteiger partial charge in [-0.15, -0.1) is 0 Å². The van der Waals surface area contributed by atoms with Crippen molar-refractivity contribution < 1.29 is 13.5 Å². The predicted molar refractivity (Wildman–Crippen MR) is 109 cm³/mol. The second-order valence-electron chi connectivity index (χ2n) is 7.47. The summed E-state index contributed by atoms with van der Waals surface area (Å²) in [4.78, 5) is 0.203. The number of aliphatic hydroxyl groups excluding tert-OH is 1. The van der Waals surface area contributed by atoms with E-state index in [0.717, 1.165) is 39.6 Å². The number of rotatable bonds is 4. The zero-order valence-electron chi connectivity index (χ0n) is 15.9. The van der Waals surface area contributed by atoms with E-state index in [1.807, 2.05) is 32.0 Å². The SMILES string of the molecule is Cc1cc(S(=O)(=O)NC2CCCC2O)ccc1-c1ccc2[nH]nc(N)c2c1C. The zero-order chi connectivity index (χ0) is 20.1. The predicted octanol–water partition coefficient (Wildman–Crippen LogP) is 2.62. The van der Waals surface area contributed by atoms with Crippen LogP contribution in [0, 0.1) is 13.8 Å². The van der Waals surface area contributed by atoms with E-state index < -0.39 is 22.2 Å². The maximum atomic E-state index is 12.7. The van der Waals surface area contributed by atoms with Gasteiger partial charge in [0.05, 0.1) is 16.5 Å². The van der Waals surface area contributed by atoms with E-state index in [2.05, 4.69) is 14.9 Å². The number of hydrogen-bond acceptors (Lipinski definition) is 5. The summed E-state index contributed by atoms with van der Waals surface area (Å²) in [5.41, 5.74) is 10.6. The largest absolute Gasteiger partial charge is 0.391 e. The van der Waals surface area contributed by atoms with Crippen LogP contribution in [0.3, 0.4) is 0 Å². The topological polar surface area (TPSA) is 121 Å². The van der Waals surface area contributed by atoms with Crippen LogP contribution in [-0.4, -0.2) is 35.9 Å². The van der Waals surface area contributed by atoms with Gasteiger partial charge in [0.25, 0.3) is 0 Å². The quantitative estimate of drug-likeness (QED) is 0.536. The summed E-state index contributed by atoms with van der Waals surface area (Å²) in [6.45, 7) is 3.87. The molecule has 8 heteroatoms. The summed E-state index contributed by atoms with van der Waals surface area (Å²) in [6, 6.07) is 8.58. The Hall–Kier alpha value is -2.42. The number of anilines is 1. The number of nitrogens with one attached hydrogen (secondary N) is 2. The van der Waals surface area contributed by atoms with Crippen molar-refractivity contribution in [2.24, 2.45) is 0 Å². The number of sulfonamides is 1. The van der Waals surface area contributed by atoms with Gasteiger partial charge < -0.3 is 10.8 Å². The lowest BCUT2D eigenvalue weighted by Crippen LogP contribution is -2.39. The molecule has 1 saturated carbocycles. The molecule has 1 fully saturated rings. The van der Waals surface area contributed by atoms with Crippen LogP contribution in [0.25, 0.3) is 22.0 Å². The fraction of sp³-hybridized carbons (Fsp3) is 0.350. The average Bonchev–Trinajstić information content (AvgIpc) is 3.22. The number of nitrogens with two attached hydrogens (primary N) is 1. The molecule has 1 heterocycles. The van der Waals surface area contributed by atoms with Crippen LogP contribution in [0.2, 0.25) is 0 Å². The number of nitrogens with zero attached hydrogens (tertiary/aromatic N) is 1. The zero-order valence-corrected chi connectivity index (χ0v) is 16.7. The Kier molecular flexibility index (Phi) is 4.65. The fourth-order valence-corrected chi connectivity index (χ4v) is 5.44. The van der Waals surface area contributed by atoms with Crippen molar-refractivity contribution in [1.82, 2.24) is 14.9 Å². The number of H-pyrrole nitrogens is 1. The summed E-state index contributed by atoms with van der Waals surface area (Å²) >= 11 is 0. The molecule has 148 valence electrons. The van der Waals surface area contributed by atoms with Crippen LogP contribution >= 0.6 is 0 Å². The Morgan fingerprint density at radius 1 is 1.18 bits per heavy atom. The molecule has 0 aliphatic heterocycles. The number of fused-ring (bicyclic) bond motifs is 1. The summed E-state index contributed by atoms with van der Waals surface area (Å²) in [5, 5.41) is 17.8. The first-order valence-corrected chi connectivity index (χ1v) is 10.8. The van der Waals surface area contributed by atoms with Crippen LogP contribution in [0.5, 0.6) is 0 Å². The van der Waals surface area contributed by atoms with E-state index in [0.29, 0.717) is 18.7 Å². The number of aromatic amines is 1. The molecule has 5 N–H and O–H groups in total. The Morgan fingerprint density at radius 3 is 2.61 bits per heavy atom. The first kappa shape index (κ1) is 18.9. The molecular formula is C20H24N4O3S. The van der Waals surface area contributed by atoms with Crippen molar-refractivity contribution >= 4 is 26.7 Å². The maximum Gasteiger partial charge on any atom is 0.240 e. The minimum Gasteiger partial charge on any atom is -0.391 e. The first-order valence-electron chi connectivity index (χ1n) is 9.32. The lowest BCUT2D eigenvalue weighted by molar-refractivity contribution is 0.159. The third-order valence-electron chi connectivity index (χ3n) is 5.60. The molecular weight excluding hydrogens is 376 g/mol. The molecule has 1 aliphatic carbocycles. The molecule has 2 unspecified atom stereocenters. The minimum atomic E-state index is -3.69. The Labute approximate surface area is 164 Å². The Bertz CT molecular complexity index is 1150. The normalized spacial score (nSPS) is 20.1. The molecule has 7 nitrogen and oxygen atoms in total. The lowest BCUT2D eigenvalue weighted by Gasteiger charge is -2.17. The number of aryl methyl sites for hydroxylation is 2. The van der Waals surface area contributed by atoms with Crippen LogP contribution in [0.15, 0.2) is 35.2 Å². The molecule has 1 aliphatic rings. The Morgan fingerprint density at radius 2 is 1.93 bits per heavy atom. The summed E-state index contributed by atoms with van der Waals surface area (Å²) in [5.74, 6) is 0.450. The Balaban J connectivity index is 1.70. The van der Waals surface area contributed by atoms with E-state index in [9.17, 15) is 13.5 Å². The van der Waals surface area contributed by atoms with Crippen LogP contribution in [0.1, 0.15) is 30.4 Å². The highest BCUT2D eigenvalue weighted by atomic mass is 32.2. The van der Waals surface area contributed by atoms with Gasteiger partial charge in [0, 0.05) is 11.4 Å². The van der Waals surface area contributed by atoms with Gasteiger partial charge in [-0.3, -0.25) is 5.10 Å². The molecule has 0 bridgehead atoms. The summed E-state index contributed by atoms with van der Waals surface area (Å²) < 4.78 is 28.1. The third-order valence-corrected chi connectivity index (χ3v) is 7.09. The van der Waals surface area contributed by atoms with Gasteiger partial charge in [0.1, 0.15) is 0 Å². The summed E-state index contributed by atoms with van der Waals surface area (Å²) in [6.07, 6.45) is 1.49. The van der Waals surface area contributed by atoms with Gasteiger partial charge >= 0.3 is 0 Å². The number of aromatic nitrogens is 2. The number of benzene rings is 2. The lowest BCUT2D eigenvalue weighted by atomic mass is 9.94. The van der Waals surface area contributed by atoms with Crippen molar-refractivity contribution in [3.63, 3.8) is 0 Å². The van der Waals surface area contributed by atoms with Crippen LogP contribution in [-0.2, 0) is 10.0 Å². The van der Waals surface area contributed by atoms with E-state index in [1.54, 1.807) is 12.1 Å². The summed E-state index contributed by atoms with van der Waals surface area (Å²) in [7, 11) is -3.69. The monoisotopic (exact) mass is 400 g/mol. The van der Waals surface area contributed by atoms with Crippen LogP contribution in [0.4, 0.5) is 5.82 Å². The van der Waals surface area contributed by atoms with Gasteiger partial charge in [-0.2, -0.15) is 5.10 Å². The number of hydrogen-bond donors (Lipinski definition) is 4. The molecule has 0 radical (unpaired) electrons. The molecule has 4 rings (SSSR count). The molecule has 0 spiro atoms. The molecule has 1 aromatic heterocycles. The van der Waals surface area contributed by atoms with Gasteiger partial charge in [0.15, 0.2) is 5.82 Å². The molecule has 3 aromatic rings. The molecule has 0 saturated heterocycles. The standard InChI is InChI=1S/C20H24N4O3S/c1-11-10-13(28(26,27)24-16-4-3-5-18(16)25)6-7-14(11)15-8-9-17-19(12(15)2)20(21)23-22-17/h6-10,16,18,24-25H,3-5H2,1-2H3,(H3,21,22,23). The highest BCUT2D eigenvalue weighted by molar-refractivity contribution is 7.89. The highest BCUT2D eigenvalue weighted by Gasteiger charge is 2.30. The number of aliphatic hydroxyl groups is 1. The van der Waals surface area contributed by atoms with E-state index in [-0.39, 0.29) is 4.90 Å². The minimum absolute atomic E-state index is 0.203. The van der Waals surface area contributed by atoms with Crippen molar-refractivity contribution in [3.05, 3.63) is 41.5 Å². The second kappa shape index (κ2) is 6.88. The van der Waals surface area contributed by atoms with E-state index in [1.165, 1.54) is 0 Å². The van der Waals surface area contributed by atoms with Crippen molar-refractivity contribution in [3.8, 4) is 11.1 Å². The fourth-order valence-electron chi connectivity index (χ4n) is 4.05. The average molecular weight is 401 g/mol. The highest BCUT2D eigenvalue weighted by Crippen LogP contribution is 2.34. The van der Waals surface area contributed by atoms with E-state index >= 15 is 0 Å². The third kappa shape index (κ3) is 3.17. The molecule has 2 aromatic carbocycles. The van der Waals surface area contributed by atoms with Gasteiger partial charge in [-0.1, -0.05) is 12.1 Å².